The van der Waals surface area contributed by atoms with Crippen molar-refractivity contribution in [1.29, 1.82) is 0 Å². The molecule has 2 aromatic carbocycles. The molecule has 0 aliphatic heterocycles. The van der Waals surface area contributed by atoms with Crippen LogP contribution in [0.3, 0.4) is 0 Å². The molecule has 0 atom stereocenters. The maximum absolute atomic E-state index is 11.2. The Labute approximate surface area is 149 Å². The van der Waals surface area contributed by atoms with Crippen LogP contribution < -0.4 is 5.32 Å². The molecule has 0 spiro atoms. The van der Waals surface area contributed by atoms with Gasteiger partial charge in [0.05, 0.1) is 20.9 Å². The van der Waals surface area contributed by atoms with Crippen LogP contribution in [0.2, 0.25) is 5.02 Å². The third-order valence-electron chi connectivity index (χ3n) is 3.16. The van der Waals surface area contributed by atoms with Crippen LogP contribution in [0.5, 0.6) is 0 Å². The maximum Gasteiger partial charge on any atom is 0.299 e. The Kier molecular flexibility index (Phi) is 4.55. The molecule has 0 amide bonds. The Morgan fingerprint density at radius 3 is 2.48 bits per heavy atom. The Balaban J connectivity index is 1.92. The van der Waals surface area contributed by atoms with Gasteiger partial charge in [0.1, 0.15) is 5.69 Å². The number of halogens is 1. The first-order chi connectivity index (χ1) is 12.0. The van der Waals surface area contributed by atoms with Crippen LogP contribution >= 0.6 is 22.9 Å². The number of nitro groups is 2. The molecule has 0 bridgehead atoms. The predicted molar refractivity (Wildman–Crippen MR) is 93.4 cm³/mol. The van der Waals surface area contributed by atoms with Gasteiger partial charge >= 0.3 is 0 Å². The first-order valence-electron chi connectivity index (χ1n) is 6.74. The van der Waals surface area contributed by atoms with Crippen molar-refractivity contribution in [2.75, 3.05) is 5.32 Å². The van der Waals surface area contributed by atoms with E-state index in [1.54, 1.807) is 24.3 Å². The predicted octanol–water partition coefficient (Wildman–Crippen LogP) is 4.42. The third kappa shape index (κ3) is 3.54. The standard InChI is InChI=1S/C14H8ClN5O4S/c15-10-4-2-1-3-9(10)13-17-18-14(25-13)16-11-6-5-8(19(21)22)7-12(11)20(23)24/h1-7H,(H,16,18). The number of nitrogens with zero attached hydrogens (tertiary/aromatic N) is 4. The van der Waals surface area contributed by atoms with Crippen molar-refractivity contribution in [2.45, 2.75) is 0 Å². The highest BCUT2D eigenvalue weighted by atomic mass is 35.5. The minimum atomic E-state index is -0.703. The van der Waals surface area contributed by atoms with Crippen LogP contribution in [0, 0.1) is 20.2 Å². The number of hydrogen-bond acceptors (Lipinski definition) is 8. The lowest BCUT2D eigenvalue weighted by Gasteiger charge is -2.03. The monoisotopic (exact) mass is 377 g/mol. The fraction of sp³-hybridized carbons (Fsp3) is 0. The average molecular weight is 378 g/mol. The highest BCUT2D eigenvalue weighted by Gasteiger charge is 2.20. The van der Waals surface area contributed by atoms with Crippen LogP contribution in [0.1, 0.15) is 0 Å². The Morgan fingerprint density at radius 1 is 1.04 bits per heavy atom. The molecule has 1 N–H and O–H groups in total. The van der Waals surface area contributed by atoms with E-state index in [0.717, 1.165) is 17.4 Å². The lowest BCUT2D eigenvalue weighted by atomic mass is 10.2. The molecule has 11 heteroatoms. The van der Waals surface area contributed by atoms with E-state index in [1.807, 2.05) is 0 Å². The summed E-state index contributed by atoms with van der Waals surface area (Å²) in [6, 6.07) is 10.4. The summed E-state index contributed by atoms with van der Waals surface area (Å²) in [4.78, 5) is 20.5. The molecule has 1 heterocycles. The van der Waals surface area contributed by atoms with E-state index in [9.17, 15) is 20.2 Å². The number of aromatic nitrogens is 2. The van der Waals surface area contributed by atoms with Crippen LogP contribution in [0.15, 0.2) is 42.5 Å². The smallest absolute Gasteiger partial charge is 0.299 e. The van der Waals surface area contributed by atoms with Crippen LogP contribution in [-0.2, 0) is 0 Å². The van der Waals surface area contributed by atoms with Gasteiger partial charge in [0, 0.05) is 11.6 Å². The molecule has 0 unspecified atom stereocenters. The molecular formula is C14H8ClN5O4S. The van der Waals surface area contributed by atoms with E-state index in [-0.39, 0.29) is 11.4 Å². The van der Waals surface area contributed by atoms with Crippen LogP contribution in [0.25, 0.3) is 10.6 Å². The van der Waals surface area contributed by atoms with E-state index < -0.39 is 15.5 Å². The number of hydrogen-bond donors (Lipinski definition) is 1. The topological polar surface area (TPSA) is 124 Å². The largest absolute Gasteiger partial charge is 0.324 e. The molecule has 0 aliphatic rings. The molecular weight excluding hydrogens is 370 g/mol. The summed E-state index contributed by atoms with van der Waals surface area (Å²) in [6.07, 6.45) is 0. The third-order valence-corrected chi connectivity index (χ3v) is 4.36. The first-order valence-corrected chi connectivity index (χ1v) is 7.93. The van der Waals surface area contributed by atoms with Crippen molar-refractivity contribution in [3.05, 3.63) is 67.7 Å². The molecule has 3 rings (SSSR count). The second-order valence-electron chi connectivity index (χ2n) is 4.73. The number of rotatable bonds is 5. The van der Waals surface area contributed by atoms with Crippen molar-refractivity contribution >= 4 is 45.1 Å². The average Bonchev–Trinajstić information content (AvgIpc) is 3.03. The molecule has 0 radical (unpaired) electrons. The summed E-state index contributed by atoms with van der Waals surface area (Å²) < 4.78 is 0. The lowest BCUT2D eigenvalue weighted by Crippen LogP contribution is -1.98. The summed E-state index contributed by atoms with van der Waals surface area (Å²) in [5, 5.41) is 34.0. The molecule has 0 aliphatic carbocycles. The van der Waals surface area contributed by atoms with Gasteiger partial charge in [0.2, 0.25) is 5.13 Å². The maximum atomic E-state index is 11.2. The highest BCUT2D eigenvalue weighted by molar-refractivity contribution is 7.18. The van der Waals surface area contributed by atoms with Crippen LogP contribution in [0.4, 0.5) is 22.2 Å². The number of benzene rings is 2. The second kappa shape index (κ2) is 6.79. The van der Waals surface area contributed by atoms with Gasteiger partial charge in [-0.3, -0.25) is 20.2 Å². The van der Waals surface area contributed by atoms with Gasteiger partial charge in [-0.1, -0.05) is 41.1 Å². The summed E-state index contributed by atoms with van der Waals surface area (Å²) >= 11 is 7.26. The van der Waals surface area contributed by atoms with Gasteiger partial charge < -0.3 is 5.32 Å². The minimum Gasteiger partial charge on any atom is -0.324 e. The summed E-state index contributed by atoms with van der Waals surface area (Å²) in [5.74, 6) is 0. The molecule has 126 valence electrons. The molecule has 25 heavy (non-hydrogen) atoms. The van der Waals surface area contributed by atoms with Gasteiger partial charge in [-0.25, -0.2) is 0 Å². The molecule has 1 aromatic heterocycles. The number of nitro benzene ring substituents is 2. The fourth-order valence-corrected chi connectivity index (χ4v) is 3.10. The minimum absolute atomic E-state index is 0.0810. The van der Waals surface area contributed by atoms with Gasteiger partial charge in [0.15, 0.2) is 5.01 Å². The molecule has 0 saturated carbocycles. The Bertz CT molecular complexity index is 977. The SMILES string of the molecule is O=[N+]([O-])c1ccc(Nc2nnc(-c3ccccc3Cl)s2)c([N+](=O)[O-])c1. The molecule has 0 fully saturated rings. The summed E-state index contributed by atoms with van der Waals surface area (Å²) in [6.45, 7) is 0. The molecule has 9 nitrogen and oxygen atoms in total. The Morgan fingerprint density at radius 2 is 1.80 bits per heavy atom. The normalized spacial score (nSPS) is 10.4. The Hall–Kier alpha value is -3.11. The number of non-ortho nitro benzene ring substituents is 1. The van der Waals surface area contributed by atoms with E-state index in [4.69, 9.17) is 11.6 Å². The highest BCUT2D eigenvalue weighted by Crippen LogP contribution is 2.35. The van der Waals surface area contributed by atoms with Crippen molar-refractivity contribution in [2.24, 2.45) is 0 Å². The quantitative estimate of drug-likeness (QED) is 0.515. The van der Waals surface area contributed by atoms with E-state index in [1.165, 1.54) is 12.1 Å². The number of nitrogens with one attached hydrogen (secondary N) is 1. The van der Waals surface area contributed by atoms with Gasteiger partial charge in [0.25, 0.3) is 11.4 Å². The molecule has 0 saturated heterocycles. The number of anilines is 2. The van der Waals surface area contributed by atoms with Crippen molar-refractivity contribution in [3.63, 3.8) is 0 Å². The van der Waals surface area contributed by atoms with Crippen molar-refractivity contribution < 1.29 is 9.85 Å². The lowest BCUT2D eigenvalue weighted by molar-refractivity contribution is -0.393. The van der Waals surface area contributed by atoms with Crippen molar-refractivity contribution in [1.82, 2.24) is 10.2 Å². The molecule has 3 aromatic rings. The van der Waals surface area contributed by atoms with E-state index in [0.29, 0.717) is 20.7 Å². The van der Waals surface area contributed by atoms with Crippen molar-refractivity contribution in [3.8, 4) is 10.6 Å². The fourth-order valence-electron chi connectivity index (χ4n) is 2.02. The zero-order valence-electron chi connectivity index (χ0n) is 12.2. The van der Waals surface area contributed by atoms with E-state index >= 15 is 0 Å². The first kappa shape index (κ1) is 16.7. The zero-order valence-corrected chi connectivity index (χ0v) is 13.8. The zero-order chi connectivity index (χ0) is 18.0. The summed E-state index contributed by atoms with van der Waals surface area (Å²) in [7, 11) is 0. The second-order valence-corrected chi connectivity index (χ2v) is 6.12. The van der Waals surface area contributed by atoms with Gasteiger partial charge in [-0.2, -0.15) is 0 Å². The van der Waals surface area contributed by atoms with E-state index in [2.05, 4.69) is 15.5 Å². The van der Waals surface area contributed by atoms with Crippen LogP contribution in [-0.4, -0.2) is 20.0 Å². The van der Waals surface area contributed by atoms with Gasteiger partial charge in [-0.05, 0) is 12.1 Å². The summed E-state index contributed by atoms with van der Waals surface area (Å²) in [5.41, 5.74) is -0.0275. The van der Waals surface area contributed by atoms with Gasteiger partial charge in [-0.15, -0.1) is 10.2 Å².